The van der Waals surface area contributed by atoms with Crippen molar-refractivity contribution in [3.8, 4) is 0 Å². The number of carbonyl (C=O) groups is 4. The van der Waals surface area contributed by atoms with Crippen molar-refractivity contribution in [1.29, 1.82) is 0 Å². The molecule has 0 saturated heterocycles. The molecule has 0 radical (unpaired) electrons. The van der Waals surface area contributed by atoms with Gasteiger partial charge in [0.15, 0.2) is 0 Å². The van der Waals surface area contributed by atoms with Gasteiger partial charge in [0.25, 0.3) is 5.91 Å². The van der Waals surface area contributed by atoms with Crippen molar-refractivity contribution in [3.63, 3.8) is 0 Å². The number of benzene rings is 1. The summed E-state index contributed by atoms with van der Waals surface area (Å²) in [5.41, 5.74) is 3.45. The van der Waals surface area contributed by atoms with E-state index in [0.29, 0.717) is 19.4 Å². The third-order valence-corrected chi connectivity index (χ3v) is 6.26. The fourth-order valence-corrected chi connectivity index (χ4v) is 4.31. The summed E-state index contributed by atoms with van der Waals surface area (Å²) in [5, 5.41) is 7.82. The SMILES string of the molecule is CC(C)C(NC(=O)OCc1ccccc1)C(=O)NC1CCc2scnc2CCNC(=O)C1=O. The molecule has 0 aliphatic carbocycles. The Balaban J connectivity index is 1.64. The molecule has 3 amide bonds. The molecular weight excluding hydrogens is 444 g/mol. The molecule has 0 bridgehead atoms. The molecule has 2 heterocycles. The highest BCUT2D eigenvalue weighted by Crippen LogP contribution is 2.18. The number of fused-ring (bicyclic) bond motifs is 1. The zero-order valence-corrected chi connectivity index (χ0v) is 19.4. The first-order valence-electron chi connectivity index (χ1n) is 10.9. The number of hydrogen-bond donors (Lipinski definition) is 3. The molecule has 1 aromatic carbocycles. The van der Waals surface area contributed by atoms with E-state index in [1.165, 1.54) is 11.3 Å². The first-order chi connectivity index (χ1) is 15.8. The van der Waals surface area contributed by atoms with E-state index in [1.807, 2.05) is 30.3 Å². The number of carbonyl (C=O) groups excluding carboxylic acids is 4. The Labute approximate surface area is 196 Å². The standard InChI is InChI=1S/C23H28N4O5S/c1-14(2)19(27-23(31)32-12-15-6-4-3-5-7-15)21(29)26-17-8-9-18-16(25-13-33-18)10-11-24-22(30)20(17)28/h3-7,13-14,17,19H,8-12H2,1-2H3,(H,24,30)(H,26,29)(H,27,31). The maximum Gasteiger partial charge on any atom is 0.408 e. The van der Waals surface area contributed by atoms with E-state index in [9.17, 15) is 19.2 Å². The molecule has 2 aromatic rings. The van der Waals surface area contributed by atoms with E-state index >= 15 is 0 Å². The van der Waals surface area contributed by atoms with Gasteiger partial charge in [0.2, 0.25) is 11.7 Å². The van der Waals surface area contributed by atoms with E-state index in [4.69, 9.17) is 4.74 Å². The van der Waals surface area contributed by atoms with Crippen molar-refractivity contribution < 1.29 is 23.9 Å². The Morgan fingerprint density at radius 1 is 1.21 bits per heavy atom. The van der Waals surface area contributed by atoms with Gasteiger partial charge in [-0.3, -0.25) is 14.4 Å². The van der Waals surface area contributed by atoms with Gasteiger partial charge in [0, 0.05) is 17.8 Å². The van der Waals surface area contributed by atoms with Gasteiger partial charge in [-0.05, 0) is 24.3 Å². The molecule has 176 valence electrons. The topological polar surface area (TPSA) is 126 Å². The van der Waals surface area contributed by atoms with Crippen molar-refractivity contribution >= 4 is 35.0 Å². The molecule has 0 fully saturated rings. The number of alkyl carbamates (subject to hydrolysis) is 1. The van der Waals surface area contributed by atoms with Crippen LogP contribution in [0.15, 0.2) is 35.8 Å². The van der Waals surface area contributed by atoms with Crippen LogP contribution >= 0.6 is 11.3 Å². The number of ketones is 1. The van der Waals surface area contributed by atoms with Gasteiger partial charge in [-0.1, -0.05) is 44.2 Å². The van der Waals surface area contributed by atoms with Crippen molar-refractivity contribution in [3.05, 3.63) is 52.0 Å². The Morgan fingerprint density at radius 3 is 2.70 bits per heavy atom. The lowest BCUT2D eigenvalue weighted by atomic mass is 10.00. The third-order valence-electron chi connectivity index (χ3n) is 5.32. The highest BCUT2D eigenvalue weighted by molar-refractivity contribution is 7.09. The average molecular weight is 473 g/mol. The average Bonchev–Trinajstić information content (AvgIpc) is 3.25. The monoisotopic (exact) mass is 472 g/mol. The molecule has 1 aliphatic heterocycles. The second-order valence-corrected chi connectivity index (χ2v) is 9.06. The number of Topliss-reactive ketones (excluding diaryl/α,β-unsaturated/α-hetero) is 1. The Morgan fingerprint density at radius 2 is 1.97 bits per heavy atom. The number of ether oxygens (including phenoxy) is 1. The van der Waals surface area contributed by atoms with Crippen molar-refractivity contribution in [2.75, 3.05) is 6.54 Å². The van der Waals surface area contributed by atoms with Crippen LogP contribution in [0.25, 0.3) is 0 Å². The van der Waals surface area contributed by atoms with Crippen LogP contribution in [-0.4, -0.2) is 47.3 Å². The first-order valence-corrected chi connectivity index (χ1v) is 11.7. The summed E-state index contributed by atoms with van der Waals surface area (Å²) >= 11 is 1.49. The van der Waals surface area contributed by atoms with Gasteiger partial charge >= 0.3 is 6.09 Å². The first kappa shape index (κ1) is 24.4. The molecule has 1 aromatic heterocycles. The lowest BCUT2D eigenvalue weighted by molar-refractivity contribution is -0.140. The number of amides is 3. The summed E-state index contributed by atoms with van der Waals surface area (Å²) in [6, 6.07) is 7.24. The summed E-state index contributed by atoms with van der Waals surface area (Å²) < 4.78 is 5.22. The number of nitrogens with zero attached hydrogens (tertiary/aromatic N) is 1. The zero-order valence-electron chi connectivity index (χ0n) is 18.6. The minimum atomic E-state index is -1.01. The normalized spacial score (nSPS) is 17.5. The van der Waals surface area contributed by atoms with E-state index in [-0.39, 0.29) is 18.9 Å². The molecule has 3 N–H and O–H groups in total. The zero-order chi connectivity index (χ0) is 23.8. The predicted octanol–water partition coefficient (Wildman–Crippen LogP) is 1.75. The van der Waals surface area contributed by atoms with Gasteiger partial charge < -0.3 is 20.7 Å². The summed E-state index contributed by atoms with van der Waals surface area (Å²) in [5.74, 6) is -2.26. The largest absolute Gasteiger partial charge is 0.445 e. The maximum atomic E-state index is 13.0. The fraction of sp³-hybridized carbons (Fsp3) is 0.435. The van der Waals surface area contributed by atoms with Crippen LogP contribution in [0.3, 0.4) is 0 Å². The highest BCUT2D eigenvalue weighted by Gasteiger charge is 2.32. The summed E-state index contributed by atoms with van der Waals surface area (Å²) in [4.78, 5) is 55.5. The molecule has 2 unspecified atom stereocenters. The molecule has 10 heteroatoms. The summed E-state index contributed by atoms with van der Waals surface area (Å²) in [7, 11) is 0. The van der Waals surface area contributed by atoms with Crippen LogP contribution in [0.1, 0.15) is 36.4 Å². The molecule has 3 rings (SSSR count). The quantitative estimate of drug-likeness (QED) is 0.550. The number of rotatable bonds is 6. The van der Waals surface area contributed by atoms with Crippen molar-refractivity contribution in [2.24, 2.45) is 5.92 Å². The van der Waals surface area contributed by atoms with Gasteiger partial charge in [0.1, 0.15) is 12.6 Å². The molecule has 33 heavy (non-hydrogen) atoms. The second-order valence-electron chi connectivity index (χ2n) is 8.12. The minimum absolute atomic E-state index is 0.0670. The minimum Gasteiger partial charge on any atom is -0.445 e. The number of thiazole rings is 1. The van der Waals surface area contributed by atoms with E-state index in [1.54, 1.807) is 19.4 Å². The predicted molar refractivity (Wildman–Crippen MR) is 122 cm³/mol. The molecule has 9 nitrogen and oxygen atoms in total. The van der Waals surface area contributed by atoms with Gasteiger partial charge in [0.05, 0.1) is 17.2 Å². The summed E-state index contributed by atoms with van der Waals surface area (Å²) in [6.45, 7) is 3.91. The van der Waals surface area contributed by atoms with E-state index < -0.39 is 35.8 Å². The maximum absolute atomic E-state index is 13.0. The van der Waals surface area contributed by atoms with Gasteiger partial charge in [-0.15, -0.1) is 11.3 Å². The van der Waals surface area contributed by atoms with Crippen molar-refractivity contribution in [2.45, 2.75) is 51.8 Å². The van der Waals surface area contributed by atoms with Crippen LogP contribution < -0.4 is 16.0 Å². The Hall–Kier alpha value is -3.27. The van der Waals surface area contributed by atoms with Gasteiger partial charge in [-0.25, -0.2) is 9.78 Å². The number of aromatic nitrogens is 1. The fourth-order valence-electron chi connectivity index (χ4n) is 3.47. The molecular formula is C23H28N4O5S. The smallest absolute Gasteiger partial charge is 0.408 e. The molecule has 0 spiro atoms. The van der Waals surface area contributed by atoms with Crippen molar-refractivity contribution in [1.82, 2.24) is 20.9 Å². The lowest BCUT2D eigenvalue weighted by Crippen LogP contribution is -2.55. The number of hydrogen-bond acceptors (Lipinski definition) is 7. The van der Waals surface area contributed by atoms with Gasteiger partial charge in [-0.2, -0.15) is 0 Å². The Bertz CT molecular complexity index is 992. The number of aryl methyl sites for hydroxylation is 1. The van der Waals surface area contributed by atoms with Crippen LogP contribution in [0.2, 0.25) is 0 Å². The molecule has 2 atom stereocenters. The van der Waals surface area contributed by atoms with E-state index in [2.05, 4.69) is 20.9 Å². The van der Waals surface area contributed by atoms with Crippen LogP contribution in [-0.2, 0) is 38.6 Å². The van der Waals surface area contributed by atoms with Crippen LogP contribution in [0, 0.1) is 5.92 Å². The van der Waals surface area contributed by atoms with Crippen LogP contribution in [0.4, 0.5) is 4.79 Å². The Kier molecular flexibility index (Phi) is 8.53. The lowest BCUT2D eigenvalue weighted by Gasteiger charge is -2.25. The molecule has 1 aliphatic rings. The third kappa shape index (κ3) is 6.85. The number of nitrogens with one attached hydrogen (secondary N) is 3. The summed E-state index contributed by atoms with van der Waals surface area (Å²) in [6.07, 6.45) is 0.593. The van der Waals surface area contributed by atoms with Crippen LogP contribution in [0.5, 0.6) is 0 Å². The molecule has 0 saturated carbocycles. The highest BCUT2D eigenvalue weighted by atomic mass is 32.1. The second kappa shape index (κ2) is 11.6. The van der Waals surface area contributed by atoms with E-state index in [0.717, 1.165) is 16.1 Å².